The third kappa shape index (κ3) is 6.55. The first-order valence-corrected chi connectivity index (χ1v) is 15.4. The fourth-order valence-corrected chi connectivity index (χ4v) is 6.60. The van der Waals surface area contributed by atoms with Gasteiger partial charge in [0.1, 0.15) is 5.82 Å². The fourth-order valence-electron chi connectivity index (χ4n) is 6.60. The summed E-state index contributed by atoms with van der Waals surface area (Å²) in [6.45, 7) is 6.50. The van der Waals surface area contributed by atoms with E-state index in [9.17, 15) is 0 Å². The molecule has 0 radical (unpaired) electrons. The van der Waals surface area contributed by atoms with Crippen LogP contribution < -0.4 is 0 Å². The smallest absolute Gasteiger partial charge is 0.144 e. The Kier molecular flexibility index (Phi) is 9.35. The van der Waals surface area contributed by atoms with Crippen molar-refractivity contribution in [3.8, 4) is 28.2 Å². The third-order valence-electron chi connectivity index (χ3n) is 8.31. The molecule has 3 aromatic carbocycles. The maximum Gasteiger partial charge on any atom is 0.144 e. The Hall–Kier alpha value is -3.13. The molecule has 0 spiro atoms. The Morgan fingerprint density at radius 1 is 0.641 bits per heavy atom. The molecule has 0 unspecified atom stereocenters. The van der Waals surface area contributed by atoms with Crippen LogP contribution in [-0.4, -0.2) is 9.55 Å². The monoisotopic (exact) mass is 518 g/mol. The molecule has 2 aliphatic rings. The van der Waals surface area contributed by atoms with Crippen LogP contribution in [0.4, 0.5) is 0 Å². The summed E-state index contributed by atoms with van der Waals surface area (Å²) in [5.74, 6) is 3.13. The highest BCUT2D eigenvalue weighted by Crippen LogP contribution is 2.46. The minimum absolute atomic E-state index is 0.600. The second-order valence-corrected chi connectivity index (χ2v) is 12.2. The summed E-state index contributed by atoms with van der Waals surface area (Å²) in [5.41, 5.74) is 8.48. The molecule has 0 aliphatic heterocycles. The van der Waals surface area contributed by atoms with Gasteiger partial charge in [-0.25, -0.2) is 4.98 Å². The van der Waals surface area contributed by atoms with E-state index in [1.807, 2.05) is 6.20 Å². The lowest BCUT2D eigenvalue weighted by Crippen LogP contribution is -2.16. The molecule has 2 saturated carbocycles. The molecule has 0 N–H and O–H groups in total. The fraction of sp³-hybridized carbons (Fsp3) is 0.432. The Bertz CT molecular complexity index is 1290. The summed E-state index contributed by atoms with van der Waals surface area (Å²) in [4.78, 5) is 4.90. The summed E-state index contributed by atoms with van der Waals surface area (Å²) in [5, 5.41) is 0. The van der Waals surface area contributed by atoms with E-state index in [4.69, 9.17) is 4.98 Å². The van der Waals surface area contributed by atoms with E-state index >= 15 is 0 Å². The lowest BCUT2D eigenvalue weighted by atomic mass is 9.75. The van der Waals surface area contributed by atoms with E-state index in [0.29, 0.717) is 11.8 Å². The van der Waals surface area contributed by atoms with Gasteiger partial charge in [-0.2, -0.15) is 0 Å². The first-order chi connectivity index (χ1) is 19.1. The van der Waals surface area contributed by atoms with Crippen LogP contribution >= 0.6 is 0 Å². The maximum absolute atomic E-state index is 4.90. The lowest BCUT2D eigenvalue weighted by Gasteiger charge is -2.32. The third-order valence-corrected chi connectivity index (χ3v) is 8.31. The molecule has 6 rings (SSSR count). The van der Waals surface area contributed by atoms with E-state index in [0.717, 1.165) is 11.7 Å². The molecule has 0 atom stereocenters. The normalized spacial score (nSPS) is 16.6. The number of imidazole rings is 1. The zero-order valence-corrected chi connectivity index (χ0v) is 24.3. The molecule has 1 heterocycles. The number of hydrogen-bond acceptors (Lipinski definition) is 1. The van der Waals surface area contributed by atoms with Crippen LogP contribution in [0.2, 0.25) is 0 Å². The van der Waals surface area contributed by atoms with E-state index in [-0.39, 0.29) is 0 Å². The highest BCUT2D eigenvalue weighted by molar-refractivity contribution is 5.75. The van der Waals surface area contributed by atoms with Gasteiger partial charge in [0.05, 0.1) is 5.69 Å². The van der Waals surface area contributed by atoms with Gasteiger partial charge in [-0.15, -0.1) is 0 Å². The van der Waals surface area contributed by atoms with Crippen LogP contribution in [0.15, 0.2) is 85.2 Å². The minimum Gasteiger partial charge on any atom is -0.299 e. The first-order valence-electron chi connectivity index (χ1n) is 15.4. The van der Waals surface area contributed by atoms with Gasteiger partial charge >= 0.3 is 0 Å². The number of nitrogens with zero attached hydrogens (tertiary/aromatic N) is 2. The zero-order chi connectivity index (χ0) is 27.0. The molecule has 0 saturated heterocycles. The summed E-state index contributed by atoms with van der Waals surface area (Å²) in [6.07, 6.45) is 17.5. The van der Waals surface area contributed by atoms with Crippen molar-refractivity contribution in [2.45, 2.75) is 96.8 Å². The molecule has 1 aromatic heterocycles. The topological polar surface area (TPSA) is 17.8 Å². The molecule has 39 heavy (non-hydrogen) atoms. The van der Waals surface area contributed by atoms with Crippen LogP contribution in [0.1, 0.15) is 108 Å². The minimum atomic E-state index is 0.600. The van der Waals surface area contributed by atoms with Gasteiger partial charge in [-0.05, 0) is 65.7 Å². The van der Waals surface area contributed by atoms with Gasteiger partial charge in [0, 0.05) is 18.0 Å². The number of rotatable bonds is 5. The molecule has 4 aromatic rings. The largest absolute Gasteiger partial charge is 0.299 e. The maximum atomic E-state index is 4.90. The van der Waals surface area contributed by atoms with E-state index in [2.05, 4.69) is 104 Å². The molecule has 0 bridgehead atoms. The first kappa shape index (κ1) is 27.4. The Morgan fingerprint density at radius 3 is 1.77 bits per heavy atom. The van der Waals surface area contributed by atoms with E-state index in [1.165, 1.54) is 86.6 Å². The van der Waals surface area contributed by atoms with Crippen LogP contribution in [0.3, 0.4) is 0 Å². The van der Waals surface area contributed by atoms with Gasteiger partial charge in [0.25, 0.3) is 0 Å². The van der Waals surface area contributed by atoms with Crippen molar-refractivity contribution in [1.82, 2.24) is 9.55 Å². The molecular weight excluding hydrogens is 472 g/mol. The molecule has 0 amide bonds. The summed E-state index contributed by atoms with van der Waals surface area (Å²) < 4.78 is 2.44. The highest BCUT2D eigenvalue weighted by atomic mass is 15.1. The Balaban J connectivity index is 0.000000723. The second-order valence-electron chi connectivity index (χ2n) is 12.2. The highest BCUT2D eigenvalue weighted by Gasteiger charge is 2.29. The van der Waals surface area contributed by atoms with Crippen molar-refractivity contribution in [2.75, 3.05) is 0 Å². The Morgan fingerprint density at radius 2 is 1.18 bits per heavy atom. The molecule has 2 heteroatoms. The second kappa shape index (κ2) is 13.3. The molecule has 2 nitrogen and oxygen atoms in total. The summed E-state index contributed by atoms with van der Waals surface area (Å²) in [6, 6.07) is 26.7. The zero-order valence-electron chi connectivity index (χ0n) is 24.3. The SMILES string of the molecule is CC(C)C.c1ccc(-c2ccc(C3CCCCC3)c(-n3ccnc3-c3ccccc3)c2C2CCCCC2)cc1. The molecule has 204 valence electrons. The molecular formula is C37H46N2. The average Bonchev–Trinajstić information content (AvgIpc) is 3.48. The van der Waals surface area contributed by atoms with E-state index < -0.39 is 0 Å². The number of benzene rings is 3. The van der Waals surface area contributed by atoms with Crippen molar-refractivity contribution >= 4 is 0 Å². The predicted molar refractivity (Wildman–Crippen MR) is 167 cm³/mol. The standard InChI is InChI=1S/C33H36N2.C4H10/c1-5-13-25(14-6-1)29-21-22-30(26-15-7-2-8-16-26)32(31(29)27-17-9-3-10-18-27)35-24-23-34-33(35)28-19-11-4-12-20-28;1-4(2)3/h1,4-6,11-14,19-24,26-27H,2-3,7-10,15-18H2;4H,1-3H3. The van der Waals surface area contributed by atoms with Crippen LogP contribution in [0, 0.1) is 5.92 Å². The Labute approximate surface area is 236 Å². The van der Waals surface area contributed by atoms with Gasteiger partial charge in [0.2, 0.25) is 0 Å². The van der Waals surface area contributed by atoms with Crippen molar-refractivity contribution in [2.24, 2.45) is 5.92 Å². The van der Waals surface area contributed by atoms with Gasteiger partial charge < -0.3 is 0 Å². The lowest BCUT2D eigenvalue weighted by molar-refractivity contribution is 0.434. The van der Waals surface area contributed by atoms with Crippen LogP contribution in [0.25, 0.3) is 28.2 Å². The quantitative estimate of drug-likeness (QED) is 0.257. The van der Waals surface area contributed by atoms with Crippen molar-refractivity contribution in [3.63, 3.8) is 0 Å². The van der Waals surface area contributed by atoms with Gasteiger partial charge in [-0.3, -0.25) is 4.57 Å². The van der Waals surface area contributed by atoms with Crippen molar-refractivity contribution in [1.29, 1.82) is 0 Å². The average molecular weight is 519 g/mol. The number of aromatic nitrogens is 2. The molecule has 2 aliphatic carbocycles. The summed E-state index contributed by atoms with van der Waals surface area (Å²) >= 11 is 0. The van der Waals surface area contributed by atoms with Crippen molar-refractivity contribution < 1.29 is 0 Å². The van der Waals surface area contributed by atoms with Gasteiger partial charge in [0.15, 0.2) is 0 Å². The summed E-state index contributed by atoms with van der Waals surface area (Å²) in [7, 11) is 0. The predicted octanol–water partition coefficient (Wildman–Crippen LogP) is 11.0. The molecule has 2 fully saturated rings. The van der Waals surface area contributed by atoms with Gasteiger partial charge in [-0.1, -0.05) is 132 Å². The van der Waals surface area contributed by atoms with Crippen LogP contribution in [0.5, 0.6) is 0 Å². The van der Waals surface area contributed by atoms with E-state index in [1.54, 1.807) is 11.1 Å². The van der Waals surface area contributed by atoms with Crippen LogP contribution in [-0.2, 0) is 0 Å². The van der Waals surface area contributed by atoms with Crippen molar-refractivity contribution in [3.05, 3.63) is 96.3 Å². The number of hydrogen-bond donors (Lipinski definition) is 0.